The highest BCUT2D eigenvalue weighted by molar-refractivity contribution is 5.77. The topological polar surface area (TPSA) is 41.1 Å². The van der Waals surface area contributed by atoms with Crippen molar-refractivity contribution in [2.45, 2.75) is 38.1 Å². The van der Waals surface area contributed by atoms with Gasteiger partial charge in [-0.25, -0.2) is 0 Å². The third-order valence-corrected chi connectivity index (χ3v) is 2.56. The van der Waals surface area contributed by atoms with Crippen LogP contribution in [0.2, 0.25) is 0 Å². The van der Waals surface area contributed by atoms with E-state index in [0.717, 1.165) is 6.42 Å². The van der Waals surface area contributed by atoms with Crippen LogP contribution in [-0.4, -0.2) is 25.5 Å². The maximum absolute atomic E-state index is 11.0. The van der Waals surface area contributed by atoms with Crippen LogP contribution < -0.4 is 10.6 Å². The molecule has 3 nitrogen and oxygen atoms in total. The van der Waals surface area contributed by atoms with Crippen molar-refractivity contribution in [3.8, 4) is 0 Å². The summed E-state index contributed by atoms with van der Waals surface area (Å²) < 4.78 is 0. The van der Waals surface area contributed by atoms with E-state index in [2.05, 4.69) is 22.8 Å². The molecule has 0 saturated heterocycles. The Hall–Kier alpha value is -0.830. The molecule has 0 heterocycles. The molecular weight excluding hydrogens is 176 g/mol. The molecule has 0 radical (unpaired) electrons. The summed E-state index contributed by atoms with van der Waals surface area (Å²) in [6, 6.07) is 0.382. The second kappa shape index (κ2) is 6.60. The van der Waals surface area contributed by atoms with Crippen molar-refractivity contribution in [3.63, 3.8) is 0 Å². The van der Waals surface area contributed by atoms with Gasteiger partial charge in [-0.3, -0.25) is 4.79 Å². The summed E-state index contributed by atoms with van der Waals surface area (Å²) in [6.45, 7) is 0.422. The highest BCUT2D eigenvalue weighted by atomic mass is 16.1. The molecule has 1 atom stereocenters. The van der Waals surface area contributed by atoms with Crippen LogP contribution in [0, 0.1) is 0 Å². The van der Waals surface area contributed by atoms with Crippen molar-refractivity contribution in [1.82, 2.24) is 10.6 Å². The second-order valence-electron chi connectivity index (χ2n) is 3.73. The van der Waals surface area contributed by atoms with E-state index in [1.54, 1.807) is 7.05 Å². The fourth-order valence-electron chi connectivity index (χ4n) is 1.64. The summed E-state index contributed by atoms with van der Waals surface area (Å²) in [4.78, 5) is 11.0. The molecule has 14 heavy (non-hydrogen) atoms. The lowest BCUT2D eigenvalue weighted by atomic mass is 10.0. The molecule has 0 aromatic carbocycles. The first-order valence-corrected chi connectivity index (χ1v) is 5.43. The Morgan fingerprint density at radius 3 is 3.07 bits per heavy atom. The molecule has 80 valence electrons. The lowest BCUT2D eigenvalue weighted by Gasteiger charge is -2.16. The number of hydrogen-bond acceptors (Lipinski definition) is 2. The van der Waals surface area contributed by atoms with E-state index >= 15 is 0 Å². The molecule has 0 aromatic heterocycles. The summed E-state index contributed by atoms with van der Waals surface area (Å²) in [5.41, 5.74) is 0. The smallest absolute Gasteiger partial charge is 0.233 e. The molecule has 0 bridgehead atoms. The third kappa shape index (κ3) is 4.42. The average Bonchev–Trinajstić information content (AvgIpc) is 2.15. The number of carbonyl (C=O) groups excluding carboxylic acids is 1. The Bertz CT molecular complexity index is 201. The van der Waals surface area contributed by atoms with Crippen LogP contribution >= 0.6 is 0 Å². The predicted molar refractivity (Wildman–Crippen MR) is 58.1 cm³/mol. The first-order chi connectivity index (χ1) is 6.83. The number of carbonyl (C=O) groups is 1. The fourth-order valence-corrected chi connectivity index (χ4v) is 1.64. The quantitative estimate of drug-likeness (QED) is 0.666. The van der Waals surface area contributed by atoms with E-state index in [0.29, 0.717) is 12.6 Å². The van der Waals surface area contributed by atoms with Crippen LogP contribution in [0.1, 0.15) is 32.1 Å². The van der Waals surface area contributed by atoms with E-state index in [1.807, 2.05) is 0 Å². The van der Waals surface area contributed by atoms with Crippen LogP contribution in [-0.2, 0) is 4.79 Å². The van der Waals surface area contributed by atoms with Gasteiger partial charge < -0.3 is 10.6 Å². The summed E-state index contributed by atoms with van der Waals surface area (Å²) in [5.74, 6) is 0.0560. The Kier molecular flexibility index (Phi) is 5.30. The van der Waals surface area contributed by atoms with Gasteiger partial charge in [-0.15, -0.1) is 0 Å². The van der Waals surface area contributed by atoms with Crippen molar-refractivity contribution < 1.29 is 4.79 Å². The average molecular weight is 196 g/mol. The minimum absolute atomic E-state index is 0.0560. The van der Waals surface area contributed by atoms with Crippen molar-refractivity contribution >= 4 is 5.91 Å². The van der Waals surface area contributed by atoms with Gasteiger partial charge in [0.1, 0.15) is 0 Å². The van der Waals surface area contributed by atoms with Crippen molar-refractivity contribution in [2.24, 2.45) is 0 Å². The minimum atomic E-state index is 0.0560. The van der Waals surface area contributed by atoms with Gasteiger partial charge >= 0.3 is 0 Å². The molecule has 0 aromatic rings. The first-order valence-electron chi connectivity index (χ1n) is 5.43. The molecule has 1 aliphatic carbocycles. The molecule has 1 unspecified atom stereocenters. The standard InChI is InChI=1S/C11H20N2O/c1-12-11(14)9-13-10-7-5-3-2-4-6-8-10/h5,7,10,13H,2-4,6,8-9H2,1H3,(H,12,14)/b7-5-. The van der Waals surface area contributed by atoms with Gasteiger partial charge in [-0.1, -0.05) is 25.0 Å². The Balaban J connectivity index is 2.26. The summed E-state index contributed by atoms with van der Waals surface area (Å²) in [5, 5.41) is 5.85. The number of amides is 1. The van der Waals surface area contributed by atoms with Crippen molar-refractivity contribution in [1.29, 1.82) is 0 Å². The van der Waals surface area contributed by atoms with E-state index in [1.165, 1.54) is 25.7 Å². The van der Waals surface area contributed by atoms with Crippen LogP contribution in [0.5, 0.6) is 0 Å². The van der Waals surface area contributed by atoms with E-state index in [9.17, 15) is 4.79 Å². The van der Waals surface area contributed by atoms with Gasteiger partial charge in [-0.05, 0) is 19.3 Å². The van der Waals surface area contributed by atoms with Gasteiger partial charge in [0.05, 0.1) is 6.54 Å². The summed E-state index contributed by atoms with van der Waals surface area (Å²) in [7, 11) is 1.66. The molecule has 1 aliphatic rings. The Morgan fingerprint density at radius 1 is 1.43 bits per heavy atom. The first kappa shape index (κ1) is 11.2. The summed E-state index contributed by atoms with van der Waals surface area (Å²) in [6.07, 6.45) is 10.6. The highest BCUT2D eigenvalue weighted by Gasteiger charge is 2.07. The van der Waals surface area contributed by atoms with Gasteiger partial charge in [0.25, 0.3) is 0 Å². The minimum Gasteiger partial charge on any atom is -0.358 e. The molecule has 0 fully saturated rings. The summed E-state index contributed by atoms with van der Waals surface area (Å²) >= 11 is 0. The largest absolute Gasteiger partial charge is 0.358 e. The van der Waals surface area contributed by atoms with Gasteiger partial charge in [0.2, 0.25) is 5.91 Å². The normalized spacial score (nSPS) is 24.8. The monoisotopic (exact) mass is 196 g/mol. The van der Waals surface area contributed by atoms with Crippen molar-refractivity contribution in [3.05, 3.63) is 12.2 Å². The second-order valence-corrected chi connectivity index (χ2v) is 3.73. The zero-order valence-corrected chi connectivity index (χ0v) is 8.88. The fraction of sp³-hybridized carbons (Fsp3) is 0.727. The van der Waals surface area contributed by atoms with Crippen LogP contribution in [0.15, 0.2) is 12.2 Å². The third-order valence-electron chi connectivity index (χ3n) is 2.56. The van der Waals surface area contributed by atoms with E-state index < -0.39 is 0 Å². The number of allylic oxidation sites excluding steroid dienone is 1. The number of rotatable bonds is 3. The van der Waals surface area contributed by atoms with Crippen LogP contribution in [0.25, 0.3) is 0 Å². The van der Waals surface area contributed by atoms with Gasteiger partial charge in [0.15, 0.2) is 0 Å². The van der Waals surface area contributed by atoms with E-state index in [4.69, 9.17) is 0 Å². The van der Waals surface area contributed by atoms with Crippen molar-refractivity contribution in [2.75, 3.05) is 13.6 Å². The lowest BCUT2D eigenvalue weighted by Crippen LogP contribution is -2.37. The molecule has 3 heteroatoms. The predicted octanol–water partition coefficient (Wildman–Crippen LogP) is 1.21. The molecule has 0 aliphatic heterocycles. The molecule has 0 saturated carbocycles. The molecular formula is C11H20N2O. The Labute approximate surface area is 86.0 Å². The van der Waals surface area contributed by atoms with Crippen LogP contribution in [0.3, 0.4) is 0 Å². The molecule has 1 amide bonds. The highest BCUT2D eigenvalue weighted by Crippen LogP contribution is 2.11. The zero-order valence-electron chi connectivity index (χ0n) is 8.88. The Morgan fingerprint density at radius 2 is 2.29 bits per heavy atom. The number of likely N-dealkylation sites (N-methyl/N-ethyl adjacent to an activating group) is 1. The van der Waals surface area contributed by atoms with Gasteiger partial charge in [-0.2, -0.15) is 0 Å². The molecule has 1 rings (SSSR count). The molecule has 0 spiro atoms. The number of hydrogen-bond donors (Lipinski definition) is 2. The maximum Gasteiger partial charge on any atom is 0.233 e. The van der Waals surface area contributed by atoms with Gasteiger partial charge in [0, 0.05) is 13.1 Å². The molecule has 2 N–H and O–H groups in total. The van der Waals surface area contributed by atoms with E-state index in [-0.39, 0.29) is 5.91 Å². The maximum atomic E-state index is 11.0. The lowest BCUT2D eigenvalue weighted by molar-refractivity contribution is -0.119. The zero-order chi connectivity index (χ0) is 10.2. The van der Waals surface area contributed by atoms with Crippen LogP contribution in [0.4, 0.5) is 0 Å². The number of nitrogens with one attached hydrogen (secondary N) is 2. The SMILES string of the molecule is CNC(=O)CNC1/C=C\CCCCC1.